The number of amides is 4. The van der Waals surface area contributed by atoms with Crippen molar-refractivity contribution in [2.24, 2.45) is 0 Å². The average Bonchev–Trinajstić information content (AvgIpc) is 3.05. The molecule has 0 bridgehead atoms. The maximum Gasteiger partial charge on any atom is 0.325 e. The molecule has 6 heteroatoms. The molecule has 3 fully saturated rings. The third-order valence-corrected chi connectivity index (χ3v) is 7.86. The van der Waals surface area contributed by atoms with Crippen molar-refractivity contribution in [3.05, 3.63) is 35.4 Å². The molecule has 2 saturated carbocycles. The van der Waals surface area contributed by atoms with Crippen LogP contribution in [-0.4, -0.2) is 46.3 Å². The van der Waals surface area contributed by atoms with Crippen LogP contribution in [-0.2, 0) is 21.5 Å². The van der Waals surface area contributed by atoms with Crippen LogP contribution in [0, 0.1) is 0 Å². The van der Waals surface area contributed by atoms with Crippen LogP contribution in [0.3, 0.4) is 0 Å². The third kappa shape index (κ3) is 4.95. The van der Waals surface area contributed by atoms with E-state index in [1.54, 1.807) is 6.92 Å². The van der Waals surface area contributed by atoms with E-state index < -0.39 is 11.6 Å². The molecule has 1 aromatic carbocycles. The van der Waals surface area contributed by atoms with Gasteiger partial charge in [0.1, 0.15) is 12.1 Å². The van der Waals surface area contributed by atoms with Gasteiger partial charge in [-0.25, -0.2) is 4.79 Å². The Labute approximate surface area is 198 Å². The number of carbonyl (C=O) groups excluding carboxylic acids is 3. The van der Waals surface area contributed by atoms with Crippen LogP contribution in [0.5, 0.6) is 0 Å². The minimum absolute atomic E-state index is 0.0696. The number of hydrogen-bond donors (Lipinski definition) is 1. The molecule has 3 aliphatic rings. The highest BCUT2D eigenvalue weighted by molar-refractivity contribution is 6.09. The van der Waals surface area contributed by atoms with Gasteiger partial charge in [-0.3, -0.25) is 14.5 Å². The lowest BCUT2D eigenvalue weighted by Gasteiger charge is -2.42. The second-order valence-electron chi connectivity index (χ2n) is 10.3. The van der Waals surface area contributed by atoms with E-state index >= 15 is 0 Å². The monoisotopic (exact) mass is 453 g/mol. The first-order chi connectivity index (χ1) is 15.9. The lowest BCUT2D eigenvalue weighted by molar-refractivity contribution is -0.143. The van der Waals surface area contributed by atoms with Gasteiger partial charge >= 0.3 is 6.03 Å². The molecule has 2 aliphatic carbocycles. The zero-order valence-corrected chi connectivity index (χ0v) is 20.3. The molecule has 0 spiro atoms. The third-order valence-electron chi connectivity index (χ3n) is 7.86. The number of imide groups is 1. The lowest BCUT2D eigenvalue weighted by atomic mass is 9.88. The van der Waals surface area contributed by atoms with Crippen molar-refractivity contribution in [1.29, 1.82) is 0 Å². The van der Waals surface area contributed by atoms with Crippen LogP contribution < -0.4 is 5.32 Å². The van der Waals surface area contributed by atoms with Crippen molar-refractivity contribution in [3.8, 4) is 0 Å². The van der Waals surface area contributed by atoms with Crippen LogP contribution in [0.25, 0.3) is 0 Å². The van der Waals surface area contributed by atoms with Crippen molar-refractivity contribution in [1.82, 2.24) is 15.1 Å². The molecule has 1 aliphatic heterocycles. The van der Waals surface area contributed by atoms with Crippen molar-refractivity contribution in [2.45, 2.75) is 109 Å². The predicted molar refractivity (Wildman–Crippen MR) is 129 cm³/mol. The summed E-state index contributed by atoms with van der Waals surface area (Å²) in [6.45, 7) is 3.71. The largest absolute Gasteiger partial charge is 0.335 e. The summed E-state index contributed by atoms with van der Waals surface area (Å²) in [5.74, 6) is -0.406. The molecule has 6 nitrogen and oxygen atoms in total. The van der Waals surface area contributed by atoms with Gasteiger partial charge in [0.15, 0.2) is 0 Å². The summed E-state index contributed by atoms with van der Waals surface area (Å²) >= 11 is 0. The Kier molecular flexibility index (Phi) is 7.40. The van der Waals surface area contributed by atoms with Crippen molar-refractivity contribution >= 4 is 17.8 Å². The lowest BCUT2D eigenvalue weighted by Crippen LogP contribution is -2.53. The topological polar surface area (TPSA) is 69.7 Å². The first-order valence-electron chi connectivity index (χ1n) is 13.0. The van der Waals surface area contributed by atoms with Gasteiger partial charge in [0.05, 0.1) is 0 Å². The van der Waals surface area contributed by atoms with E-state index in [1.165, 1.54) is 18.4 Å². The highest BCUT2D eigenvalue weighted by Crippen LogP contribution is 2.32. The van der Waals surface area contributed by atoms with Gasteiger partial charge in [-0.2, -0.15) is 0 Å². The molecular formula is C27H39N3O3. The Morgan fingerprint density at radius 2 is 1.52 bits per heavy atom. The van der Waals surface area contributed by atoms with Gasteiger partial charge in [0.2, 0.25) is 5.91 Å². The van der Waals surface area contributed by atoms with Gasteiger partial charge < -0.3 is 10.2 Å². The number of urea groups is 1. The molecule has 0 radical (unpaired) electrons. The van der Waals surface area contributed by atoms with Gasteiger partial charge in [0, 0.05) is 12.1 Å². The summed E-state index contributed by atoms with van der Waals surface area (Å²) in [6, 6.07) is 7.90. The molecular weight excluding hydrogens is 414 g/mol. The minimum Gasteiger partial charge on any atom is -0.335 e. The molecule has 33 heavy (non-hydrogen) atoms. The number of aryl methyl sites for hydroxylation is 1. The summed E-state index contributed by atoms with van der Waals surface area (Å²) in [7, 11) is 0. The average molecular weight is 454 g/mol. The molecule has 4 rings (SSSR count). The zero-order valence-electron chi connectivity index (χ0n) is 20.3. The minimum atomic E-state index is -1.14. The van der Waals surface area contributed by atoms with Crippen LogP contribution in [0.2, 0.25) is 0 Å². The van der Waals surface area contributed by atoms with Gasteiger partial charge in [0.25, 0.3) is 5.91 Å². The summed E-state index contributed by atoms with van der Waals surface area (Å²) in [5, 5.41) is 2.87. The first-order valence-corrected chi connectivity index (χ1v) is 13.0. The summed E-state index contributed by atoms with van der Waals surface area (Å²) < 4.78 is 0. The molecule has 1 unspecified atom stereocenters. The van der Waals surface area contributed by atoms with E-state index in [-0.39, 0.29) is 30.4 Å². The van der Waals surface area contributed by atoms with Crippen molar-refractivity contribution in [3.63, 3.8) is 0 Å². The van der Waals surface area contributed by atoms with Crippen LogP contribution >= 0.6 is 0 Å². The SMILES string of the molecule is CCCc1ccc(C2(C)NC(=O)N(CC(=O)N(C3CCCCC3)C3CCCCC3)C2=O)cc1. The standard InChI is InChI=1S/C27H39N3O3/c1-3-10-20-15-17-21(18-16-20)27(2)25(32)29(26(33)28-27)19-24(31)30(22-11-6-4-7-12-22)23-13-8-5-9-14-23/h15-18,22-23H,3-14,19H2,1-2H3,(H,28,33). The molecule has 1 heterocycles. The summed E-state index contributed by atoms with van der Waals surface area (Å²) in [6.07, 6.45) is 13.2. The molecule has 1 aromatic rings. The number of nitrogens with one attached hydrogen (secondary N) is 1. The normalized spacial score (nSPS) is 24.7. The van der Waals surface area contributed by atoms with E-state index in [0.29, 0.717) is 0 Å². The van der Waals surface area contributed by atoms with Crippen LogP contribution in [0.15, 0.2) is 24.3 Å². The summed E-state index contributed by atoms with van der Waals surface area (Å²) in [5.41, 5.74) is 0.833. The Balaban J connectivity index is 1.51. The fraction of sp³-hybridized carbons (Fsp3) is 0.667. The maximum atomic E-state index is 13.6. The van der Waals surface area contributed by atoms with E-state index in [0.717, 1.165) is 74.7 Å². The molecule has 180 valence electrons. The molecule has 1 atom stereocenters. The van der Waals surface area contributed by atoms with Gasteiger partial charge in [-0.15, -0.1) is 0 Å². The second-order valence-corrected chi connectivity index (χ2v) is 10.3. The Bertz CT molecular complexity index is 838. The fourth-order valence-electron chi connectivity index (χ4n) is 5.97. The Hall–Kier alpha value is -2.37. The van der Waals surface area contributed by atoms with Gasteiger partial charge in [-0.1, -0.05) is 76.1 Å². The molecule has 1 saturated heterocycles. The fourth-order valence-corrected chi connectivity index (χ4v) is 5.97. The number of rotatable bonds is 7. The molecule has 1 N–H and O–H groups in total. The molecule has 4 amide bonds. The van der Waals surface area contributed by atoms with Crippen molar-refractivity contribution < 1.29 is 14.4 Å². The predicted octanol–water partition coefficient (Wildman–Crippen LogP) is 4.90. The Morgan fingerprint density at radius 3 is 2.03 bits per heavy atom. The van der Waals surface area contributed by atoms with Crippen molar-refractivity contribution in [2.75, 3.05) is 6.54 Å². The number of carbonyl (C=O) groups is 3. The Morgan fingerprint density at radius 1 is 0.970 bits per heavy atom. The number of nitrogens with zero attached hydrogens (tertiary/aromatic N) is 2. The van der Waals surface area contributed by atoms with Gasteiger partial charge in [-0.05, 0) is 50.2 Å². The zero-order chi connectivity index (χ0) is 23.4. The highest BCUT2D eigenvalue weighted by Gasteiger charge is 2.50. The highest BCUT2D eigenvalue weighted by atomic mass is 16.2. The number of hydrogen-bond acceptors (Lipinski definition) is 3. The quantitative estimate of drug-likeness (QED) is 0.597. The van der Waals surface area contributed by atoms with E-state index in [4.69, 9.17) is 0 Å². The van der Waals surface area contributed by atoms with Crippen LogP contribution in [0.4, 0.5) is 4.79 Å². The first kappa shape index (κ1) is 23.8. The van der Waals surface area contributed by atoms with E-state index in [2.05, 4.69) is 17.1 Å². The smallest absolute Gasteiger partial charge is 0.325 e. The van der Waals surface area contributed by atoms with E-state index in [9.17, 15) is 14.4 Å². The molecule has 0 aromatic heterocycles. The number of benzene rings is 1. The van der Waals surface area contributed by atoms with Crippen LogP contribution in [0.1, 0.15) is 95.6 Å². The second kappa shape index (κ2) is 10.3. The van der Waals surface area contributed by atoms with E-state index in [1.807, 2.05) is 24.3 Å². The maximum absolute atomic E-state index is 13.6. The summed E-state index contributed by atoms with van der Waals surface area (Å²) in [4.78, 5) is 43.1.